The smallest absolute Gasteiger partial charge is 0.378 e. The number of hydrogen-bond donors (Lipinski definition) is 2. The predicted octanol–water partition coefficient (Wildman–Crippen LogP) is 4.01. The highest BCUT2D eigenvalue weighted by Crippen LogP contribution is 2.34. The molecule has 0 fully saturated rings. The molecule has 1 unspecified atom stereocenters. The number of alkyl halides is 3. The summed E-state index contributed by atoms with van der Waals surface area (Å²) in [6, 6.07) is 3.53. The van der Waals surface area contributed by atoms with Crippen molar-refractivity contribution in [1.82, 2.24) is 0 Å². The lowest BCUT2D eigenvalue weighted by molar-refractivity contribution is -0.137. The Morgan fingerprint density at radius 2 is 1.94 bits per heavy atom. The van der Waals surface area contributed by atoms with Crippen molar-refractivity contribution in [1.29, 1.82) is 0 Å². The fourth-order valence-electron chi connectivity index (χ4n) is 1.40. The number of rotatable bonds is 4. The minimum absolute atomic E-state index is 0.331. The molecule has 0 amide bonds. The van der Waals surface area contributed by atoms with Gasteiger partial charge in [0.2, 0.25) is 0 Å². The molecule has 0 heterocycles. The summed E-state index contributed by atoms with van der Waals surface area (Å²) in [6.07, 6.45) is -3.56. The number of nitrogens with one attached hydrogen (secondary N) is 1. The molecule has 0 aliphatic carbocycles. The van der Waals surface area contributed by atoms with Gasteiger partial charge in [0.15, 0.2) is 0 Å². The summed E-state index contributed by atoms with van der Waals surface area (Å²) in [7, 11) is 0. The van der Waals surface area contributed by atoms with Crippen LogP contribution in [-0.4, -0.2) is 12.1 Å². The molecule has 2 nitrogen and oxygen atoms in total. The van der Waals surface area contributed by atoms with Gasteiger partial charge in [0.25, 0.3) is 0 Å². The molecule has 0 saturated carbocycles. The van der Waals surface area contributed by atoms with Gasteiger partial charge in [-0.15, -0.1) is 0 Å². The lowest BCUT2D eigenvalue weighted by Gasteiger charge is -2.30. The van der Waals surface area contributed by atoms with Crippen LogP contribution in [0.4, 0.5) is 18.9 Å². The molecule has 0 saturated heterocycles. The molecule has 0 spiro atoms. The van der Waals surface area contributed by atoms with Crippen LogP contribution in [0.15, 0.2) is 22.7 Å². The highest BCUT2D eigenvalue weighted by atomic mass is 79.9. The maximum absolute atomic E-state index is 12.5. The van der Waals surface area contributed by atoms with Gasteiger partial charge < -0.3 is 11.1 Å². The molecule has 6 heteroatoms. The third-order valence-corrected chi connectivity index (χ3v) is 3.62. The van der Waals surface area contributed by atoms with E-state index < -0.39 is 11.7 Å². The standard InChI is InChI=1S/C12H16BrF3N2/c1-3-11(2,7-17)18-10-5-4-8(6-9(10)13)12(14,15)16/h4-6,18H,3,7,17H2,1-2H3. The van der Waals surface area contributed by atoms with Crippen molar-refractivity contribution in [3.63, 3.8) is 0 Å². The molecular formula is C12H16BrF3N2. The van der Waals surface area contributed by atoms with Crippen LogP contribution in [-0.2, 0) is 6.18 Å². The molecule has 1 rings (SSSR count). The average Bonchev–Trinajstić information content (AvgIpc) is 2.30. The molecule has 0 aromatic heterocycles. The zero-order valence-corrected chi connectivity index (χ0v) is 11.8. The van der Waals surface area contributed by atoms with Gasteiger partial charge in [0.1, 0.15) is 0 Å². The second-order valence-corrected chi connectivity index (χ2v) is 5.29. The number of hydrogen-bond acceptors (Lipinski definition) is 2. The fraction of sp³-hybridized carbons (Fsp3) is 0.500. The van der Waals surface area contributed by atoms with Gasteiger partial charge in [-0.25, -0.2) is 0 Å². The van der Waals surface area contributed by atoms with E-state index in [1.54, 1.807) is 0 Å². The summed E-state index contributed by atoms with van der Waals surface area (Å²) < 4.78 is 37.9. The van der Waals surface area contributed by atoms with Gasteiger partial charge in [-0.2, -0.15) is 13.2 Å². The van der Waals surface area contributed by atoms with Crippen LogP contribution < -0.4 is 11.1 Å². The minimum atomic E-state index is -4.33. The van der Waals surface area contributed by atoms with E-state index in [9.17, 15) is 13.2 Å². The second kappa shape index (κ2) is 5.48. The molecule has 1 atom stereocenters. The van der Waals surface area contributed by atoms with Crippen molar-refractivity contribution in [2.24, 2.45) is 5.73 Å². The maximum atomic E-state index is 12.5. The summed E-state index contributed by atoms with van der Waals surface area (Å²) in [5.74, 6) is 0. The Labute approximate surface area is 113 Å². The largest absolute Gasteiger partial charge is 0.416 e. The van der Waals surface area contributed by atoms with Gasteiger partial charge in [-0.1, -0.05) is 6.92 Å². The van der Waals surface area contributed by atoms with Crippen molar-refractivity contribution in [2.45, 2.75) is 32.0 Å². The number of anilines is 1. The van der Waals surface area contributed by atoms with Gasteiger partial charge in [-0.3, -0.25) is 0 Å². The lowest BCUT2D eigenvalue weighted by Crippen LogP contribution is -2.41. The van der Waals surface area contributed by atoms with E-state index in [2.05, 4.69) is 21.2 Å². The Hall–Kier alpha value is -0.750. The number of benzene rings is 1. The first kappa shape index (κ1) is 15.3. The van der Waals surface area contributed by atoms with Crippen molar-refractivity contribution in [3.8, 4) is 0 Å². The summed E-state index contributed by atoms with van der Waals surface area (Å²) in [6.45, 7) is 4.30. The Kier molecular flexibility index (Phi) is 4.66. The van der Waals surface area contributed by atoms with Gasteiger partial charge in [0.05, 0.1) is 5.56 Å². The van der Waals surface area contributed by atoms with Gasteiger partial charge in [0, 0.05) is 22.2 Å². The topological polar surface area (TPSA) is 38.0 Å². The van der Waals surface area contributed by atoms with Crippen LogP contribution in [0.1, 0.15) is 25.8 Å². The molecule has 3 N–H and O–H groups in total. The van der Waals surface area contributed by atoms with E-state index in [0.29, 0.717) is 16.7 Å². The third kappa shape index (κ3) is 3.62. The first-order chi connectivity index (χ1) is 8.22. The van der Waals surface area contributed by atoms with E-state index in [0.717, 1.165) is 18.6 Å². The molecule has 18 heavy (non-hydrogen) atoms. The van der Waals surface area contributed by atoms with E-state index in [1.165, 1.54) is 6.07 Å². The normalized spacial score (nSPS) is 15.3. The van der Waals surface area contributed by atoms with Crippen LogP contribution in [0, 0.1) is 0 Å². The highest BCUT2D eigenvalue weighted by Gasteiger charge is 2.31. The van der Waals surface area contributed by atoms with Gasteiger partial charge >= 0.3 is 6.18 Å². The molecule has 0 aliphatic rings. The van der Waals surface area contributed by atoms with E-state index in [-0.39, 0.29) is 5.54 Å². The van der Waals surface area contributed by atoms with Crippen LogP contribution in [0.5, 0.6) is 0 Å². The zero-order valence-electron chi connectivity index (χ0n) is 10.2. The molecule has 0 aliphatic heterocycles. The quantitative estimate of drug-likeness (QED) is 0.878. The van der Waals surface area contributed by atoms with Crippen molar-refractivity contribution in [3.05, 3.63) is 28.2 Å². The first-order valence-electron chi connectivity index (χ1n) is 5.57. The van der Waals surface area contributed by atoms with Gasteiger partial charge in [-0.05, 0) is 47.5 Å². The van der Waals surface area contributed by atoms with Crippen LogP contribution >= 0.6 is 15.9 Å². The van der Waals surface area contributed by atoms with E-state index in [4.69, 9.17) is 5.73 Å². The molecule has 1 aromatic rings. The Bertz CT molecular complexity index is 414. The van der Waals surface area contributed by atoms with Crippen LogP contribution in [0.3, 0.4) is 0 Å². The Balaban J connectivity index is 3.00. The SMILES string of the molecule is CCC(C)(CN)Nc1ccc(C(F)(F)F)cc1Br. The number of nitrogens with two attached hydrogens (primary N) is 1. The highest BCUT2D eigenvalue weighted by molar-refractivity contribution is 9.10. The third-order valence-electron chi connectivity index (χ3n) is 2.96. The Morgan fingerprint density at radius 3 is 2.33 bits per heavy atom. The monoisotopic (exact) mass is 324 g/mol. The fourth-order valence-corrected chi connectivity index (χ4v) is 1.88. The molecule has 0 bridgehead atoms. The minimum Gasteiger partial charge on any atom is -0.378 e. The summed E-state index contributed by atoms with van der Waals surface area (Å²) >= 11 is 3.15. The predicted molar refractivity (Wildman–Crippen MR) is 70.5 cm³/mol. The van der Waals surface area contributed by atoms with Crippen molar-refractivity contribution < 1.29 is 13.2 Å². The summed E-state index contributed by atoms with van der Waals surface area (Å²) in [5.41, 5.74) is 5.26. The first-order valence-corrected chi connectivity index (χ1v) is 6.36. The molecule has 102 valence electrons. The summed E-state index contributed by atoms with van der Waals surface area (Å²) in [4.78, 5) is 0. The van der Waals surface area contributed by atoms with Crippen molar-refractivity contribution in [2.75, 3.05) is 11.9 Å². The van der Waals surface area contributed by atoms with E-state index >= 15 is 0 Å². The van der Waals surface area contributed by atoms with E-state index in [1.807, 2.05) is 13.8 Å². The maximum Gasteiger partial charge on any atom is 0.416 e. The summed E-state index contributed by atoms with van der Waals surface area (Å²) in [5, 5.41) is 3.16. The molecule has 1 aromatic carbocycles. The zero-order chi connectivity index (χ0) is 14.0. The Morgan fingerprint density at radius 1 is 1.33 bits per heavy atom. The van der Waals surface area contributed by atoms with Crippen molar-refractivity contribution >= 4 is 21.6 Å². The molecule has 0 radical (unpaired) electrons. The average molecular weight is 325 g/mol. The molecular weight excluding hydrogens is 309 g/mol. The van der Waals surface area contributed by atoms with Crippen LogP contribution in [0.2, 0.25) is 0 Å². The van der Waals surface area contributed by atoms with Crippen LogP contribution in [0.25, 0.3) is 0 Å². The second-order valence-electron chi connectivity index (χ2n) is 4.44. The lowest BCUT2D eigenvalue weighted by atomic mass is 9.98. The number of halogens is 4.